The Morgan fingerprint density at radius 3 is 2.60 bits per heavy atom. The minimum absolute atomic E-state index is 0.0152. The van der Waals surface area contributed by atoms with Crippen LogP contribution < -0.4 is 0 Å². The van der Waals surface area contributed by atoms with Gasteiger partial charge in [-0.2, -0.15) is 0 Å². The van der Waals surface area contributed by atoms with Crippen LogP contribution in [0.5, 0.6) is 0 Å². The number of ether oxygens (including phenoxy) is 1. The molecule has 0 spiro atoms. The van der Waals surface area contributed by atoms with Crippen molar-refractivity contribution in [3.63, 3.8) is 0 Å². The van der Waals surface area contributed by atoms with Crippen molar-refractivity contribution < 1.29 is 19.1 Å². The molecule has 1 heterocycles. The first-order valence-corrected chi connectivity index (χ1v) is 8.72. The molecular formula is C20H27NO4. The van der Waals surface area contributed by atoms with Crippen molar-refractivity contribution in [1.82, 2.24) is 4.90 Å². The van der Waals surface area contributed by atoms with Crippen molar-refractivity contribution in [2.45, 2.75) is 45.9 Å². The van der Waals surface area contributed by atoms with E-state index in [1.807, 2.05) is 56.3 Å². The topological polar surface area (TPSA) is 62.9 Å². The molecule has 0 saturated carbocycles. The smallest absolute Gasteiger partial charge is 0.305 e. The molecule has 1 atom stereocenters. The molecule has 0 aliphatic rings. The van der Waals surface area contributed by atoms with Crippen LogP contribution in [0, 0.1) is 6.92 Å². The van der Waals surface area contributed by atoms with Gasteiger partial charge in [-0.25, -0.2) is 0 Å². The number of hydrogen-bond donors (Lipinski definition) is 1. The zero-order valence-electron chi connectivity index (χ0n) is 15.0. The predicted octanol–water partition coefficient (Wildman–Crippen LogP) is 3.29. The number of aryl methyl sites for hydroxylation is 1. The predicted molar refractivity (Wildman–Crippen MR) is 95.9 cm³/mol. The Kier molecular flexibility index (Phi) is 7.70. The van der Waals surface area contributed by atoms with Crippen molar-refractivity contribution in [2.75, 3.05) is 13.2 Å². The quantitative estimate of drug-likeness (QED) is 0.670. The maximum atomic E-state index is 11.5. The normalized spacial score (nSPS) is 12.3. The lowest BCUT2D eigenvalue weighted by Crippen LogP contribution is -2.34. The van der Waals surface area contributed by atoms with E-state index in [2.05, 4.69) is 4.90 Å². The highest BCUT2D eigenvalue weighted by Crippen LogP contribution is 2.13. The van der Waals surface area contributed by atoms with Gasteiger partial charge in [-0.05, 0) is 31.0 Å². The van der Waals surface area contributed by atoms with E-state index in [4.69, 9.17) is 9.15 Å². The standard InChI is InChI=1S/C20H27NO4/c1-3-7-20(23)24-15-18(22)13-21(12-17-8-5-4-6-9-17)14-19-11-10-16(2)25-19/h4-6,8-11,18,22H,3,7,12-15H2,1-2H3. The van der Waals surface area contributed by atoms with E-state index in [9.17, 15) is 9.90 Å². The van der Waals surface area contributed by atoms with Crippen molar-refractivity contribution >= 4 is 5.97 Å². The zero-order chi connectivity index (χ0) is 18.1. The van der Waals surface area contributed by atoms with Gasteiger partial charge < -0.3 is 14.3 Å². The van der Waals surface area contributed by atoms with Crippen LogP contribution in [0.2, 0.25) is 0 Å². The summed E-state index contributed by atoms with van der Waals surface area (Å²) in [7, 11) is 0. The van der Waals surface area contributed by atoms with E-state index in [1.165, 1.54) is 0 Å². The van der Waals surface area contributed by atoms with Crippen LogP contribution in [0.1, 0.15) is 36.8 Å². The number of aliphatic hydroxyl groups is 1. The van der Waals surface area contributed by atoms with Gasteiger partial charge in [-0.1, -0.05) is 37.3 Å². The Morgan fingerprint density at radius 2 is 1.96 bits per heavy atom. The highest BCUT2D eigenvalue weighted by molar-refractivity contribution is 5.69. The summed E-state index contributed by atoms with van der Waals surface area (Å²) < 4.78 is 10.8. The van der Waals surface area contributed by atoms with Crippen LogP contribution in [0.25, 0.3) is 0 Å². The molecule has 2 rings (SSSR count). The third-order valence-corrected chi connectivity index (χ3v) is 3.78. The van der Waals surface area contributed by atoms with Gasteiger partial charge in [0.25, 0.3) is 0 Å². The van der Waals surface area contributed by atoms with Crippen LogP contribution >= 0.6 is 0 Å². The van der Waals surface area contributed by atoms with Gasteiger partial charge in [0, 0.05) is 19.5 Å². The molecule has 5 heteroatoms. The number of aliphatic hydroxyl groups excluding tert-OH is 1. The molecule has 1 aromatic heterocycles. The summed E-state index contributed by atoms with van der Waals surface area (Å²) in [6.45, 7) is 5.51. The summed E-state index contributed by atoms with van der Waals surface area (Å²) in [4.78, 5) is 13.5. The van der Waals surface area contributed by atoms with Crippen LogP contribution in [-0.2, 0) is 22.6 Å². The fraction of sp³-hybridized carbons (Fsp3) is 0.450. The maximum absolute atomic E-state index is 11.5. The molecule has 0 bridgehead atoms. The molecule has 1 N–H and O–H groups in total. The van der Waals surface area contributed by atoms with E-state index >= 15 is 0 Å². The van der Waals surface area contributed by atoms with Gasteiger partial charge in [0.2, 0.25) is 0 Å². The number of esters is 1. The van der Waals surface area contributed by atoms with Gasteiger partial charge in [0.15, 0.2) is 0 Å². The monoisotopic (exact) mass is 345 g/mol. The van der Waals surface area contributed by atoms with E-state index in [1.54, 1.807) is 0 Å². The van der Waals surface area contributed by atoms with E-state index < -0.39 is 6.10 Å². The number of benzene rings is 1. The number of hydrogen-bond acceptors (Lipinski definition) is 5. The molecule has 0 aliphatic carbocycles. The third-order valence-electron chi connectivity index (χ3n) is 3.78. The average Bonchev–Trinajstić information content (AvgIpc) is 2.99. The lowest BCUT2D eigenvalue weighted by Gasteiger charge is -2.24. The van der Waals surface area contributed by atoms with Gasteiger partial charge in [0.05, 0.1) is 6.54 Å². The summed E-state index contributed by atoms with van der Waals surface area (Å²) in [5.41, 5.74) is 1.15. The number of rotatable bonds is 10. The van der Waals surface area contributed by atoms with Crippen LogP contribution in [-0.4, -0.2) is 35.2 Å². The number of furan rings is 1. The van der Waals surface area contributed by atoms with Crippen LogP contribution in [0.15, 0.2) is 46.9 Å². The number of nitrogens with zero attached hydrogens (tertiary/aromatic N) is 1. The van der Waals surface area contributed by atoms with Crippen molar-refractivity contribution in [1.29, 1.82) is 0 Å². The minimum atomic E-state index is -0.736. The Balaban J connectivity index is 1.94. The molecule has 2 aromatic rings. The first-order valence-electron chi connectivity index (χ1n) is 8.72. The summed E-state index contributed by atoms with van der Waals surface area (Å²) >= 11 is 0. The van der Waals surface area contributed by atoms with E-state index in [0.29, 0.717) is 26.1 Å². The highest BCUT2D eigenvalue weighted by atomic mass is 16.5. The lowest BCUT2D eigenvalue weighted by atomic mass is 10.2. The maximum Gasteiger partial charge on any atom is 0.305 e. The van der Waals surface area contributed by atoms with Crippen molar-refractivity contribution in [3.05, 3.63) is 59.5 Å². The molecular weight excluding hydrogens is 318 g/mol. The summed E-state index contributed by atoms with van der Waals surface area (Å²) in [5, 5.41) is 10.2. The largest absolute Gasteiger partial charge is 0.465 e. The Labute approximate surface area is 149 Å². The first kappa shape index (κ1) is 19.2. The summed E-state index contributed by atoms with van der Waals surface area (Å²) in [5.74, 6) is 1.45. The van der Waals surface area contributed by atoms with Crippen LogP contribution in [0.4, 0.5) is 0 Å². The minimum Gasteiger partial charge on any atom is -0.465 e. The molecule has 0 fully saturated rings. The lowest BCUT2D eigenvalue weighted by molar-refractivity contribution is -0.147. The van der Waals surface area contributed by atoms with Gasteiger partial charge >= 0.3 is 5.97 Å². The second kappa shape index (κ2) is 10.0. The first-order chi connectivity index (χ1) is 12.1. The molecule has 0 aliphatic heterocycles. The summed E-state index contributed by atoms with van der Waals surface area (Å²) in [6, 6.07) is 13.9. The molecule has 0 radical (unpaired) electrons. The molecule has 0 amide bonds. The molecule has 0 saturated heterocycles. The fourth-order valence-electron chi connectivity index (χ4n) is 2.63. The molecule has 1 aromatic carbocycles. The second-order valence-electron chi connectivity index (χ2n) is 6.25. The number of carbonyl (C=O) groups is 1. The average molecular weight is 345 g/mol. The van der Waals surface area contributed by atoms with Crippen molar-refractivity contribution in [2.24, 2.45) is 0 Å². The Morgan fingerprint density at radius 1 is 1.20 bits per heavy atom. The SMILES string of the molecule is CCCC(=O)OCC(O)CN(Cc1ccccc1)Cc1ccc(C)o1. The van der Waals surface area contributed by atoms with Gasteiger partial charge in [0.1, 0.15) is 24.2 Å². The Hall–Kier alpha value is -2.11. The molecule has 5 nitrogen and oxygen atoms in total. The molecule has 136 valence electrons. The Bertz CT molecular complexity index is 638. The van der Waals surface area contributed by atoms with E-state index in [-0.39, 0.29) is 12.6 Å². The second-order valence-corrected chi connectivity index (χ2v) is 6.25. The van der Waals surface area contributed by atoms with Crippen LogP contribution in [0.3, 0.4) is 0 Å². The van der Waals surface area contributed by atoms with Crippen molar-refractivity contribution in [3.8, 4) is 0 Å². The molecule has 1 unspecified atom stereocenters. The zero-order valence-corrected chi connectivity index (χ0v) is 15.0. The van der Waals surface area contributed by atoms with E-state index in [0.717, 1.165) is 23.5 Å². The fourth-order valence-corrected chi connectivity index (χ4v) is 2.63. The summed E-state index contributed by atoms with van der Waals surface area (Å²) in [6.07, 6.45) is 0.388. The highest BCUT2D eigenvalue weighted by Gasteiger charge is 2.16. The van der Waals surface area contributed by atoms with Gasteiger partial charge in [-0.15, -0.1) is 0 Å². The number of carbonyl (C=O) groups excluding carboxylic acids is 1. The van der Waals surface area contributed by atoms with Gasteiger partial charge in [-0.3, -0.25) is 9.69 Å². The molecule has 25 heavy (non-hydrogen) atoms. The third kappa shape index (κ3) is 7.11.